The summed E-state index contributed by atoms with van der Waals surface area (Å²) in [4.78, 5) is 25.0. The highest BCUT2D eigenvalue weighted by Gasteiger charge is 2.34. The average Bonchev–Trinajstić information content (AvgIpc) is 2.73. The minimum absolute atomic E-state index is 0.0578. The van der Waals surface area contributed by atoms with Gasteiger partial charge in [-0.05, 0) is 36.6 Å². The minimum atomic E-state index is -0.640. The van der Waals surface area contributed by atoms with Crippen molar-refractivity contribution in [2.24, 2.45) is 5.92 Å². The summed E-state index contributed by atoms with van der Waals surface area (Å²) in [6.07, 6.45) is 0. The molecule has 158 valence electrons. The van der Waals surface area contributed by atoms with Crippen LogP contribution >= 0.6 is 11.6 Å². The van der Waals surface area contributed by atoms with Crippen LogP contribution in [0.15, 0.2) is 59.8 Å². The van der Waals surface area contributed by atoms with E-state index >= 15 is 0 Å². The molecule has 2 aromatic carbocycles. The normalized spacial score (nSPS) is 16.2. The molecule has 0 aromatic heterocycles. The van der Waals surface area contributed by atoms with Crippen LogP contribution in [0.2, 0.25) is 5.02 Å². The maximum Gasteiger partial charge on any atom is 0.338 e. The molecule has 1 unspecified atom stereocenters. The van der Waals surface area contributed by atoms with Crippen LogP contribution in [-0.2, 0) is 16.1 Å². The average molecular weight is 429 g/mol. The molecule has 0 bridgehead atoms. The molecular weight excluding hydrogens is 404 g/mol. The SMILES string of the molecule is CCOC(=O)C1=C(C(C)C)NC(=O)NC1c1cccc(OCc2ccccc2Cl)c1. The van der Waals surface area contributed by atoms with E-state index in [9.17, 15) is 9.59 Å². The Morgan fingerprint density at radius 2 is 1.93 bits per heavy atom. The lowest BCUT2D eigenvalue weighted by molar-refractivity contribution is -0.139. The number of allylic oxidation sites excluding steroid dienone is 1. The fourth-order valence-corrected chi connectivity index (χ4v) is 3.48. The number of rotatable bonds is 7. The van der Waals surface area contributed by atoms with Gasteiger partial charge in [0.2, 0.25) is 0 Å². The van der Waals surface area contributed by atoms with Gasteiger partial charge < -0.3 is 20.1 Å². The maximum atomic E-state index is 12.7. The zero-order valence-corrected chi connectivity index (χ0v) is 18.0. The van der Waals surface area contributed by atoms with E-state index in [0.29, 0.717) is 28.6 Å². The summed E-state index contributed by atoms with van der Waals surface area (Å²) in [5, 5.41) is 6.22. The van der Waals surface area contributed by atoms with E-state index in [-0.39, 0.29) is 18.6 Å². The fourth-order valence-electron chi connectivity index (χ4n) is 3.29. The van der Waals surface area contributed by atoms with Gasteiger partial charge in [-0.1, -0.05) is 55.8 Å². The van der Waals surface area contributed by atoms with E-state index in [0.717, 1.165) is 11.1 Å². The van der Waals surface area contributed by atoms with Gasteiger partial charge in [0.25, 0.3) is 0 Å². The monoisotopic (exact) mass is 428 g/mol. The zero-order valence-electron chi connectivity index (χ0n) is 17.2. The number of hydrogen-bond donors (Lipinski definition) is 2. The lowest BCUT2D eigenvalue weighted by Gasteiger charge is -2.31. The Balaban J connectivity index is 1.91. The molecule has 1 atom stereocenters. The number of nitrogens with one attached hydrogen (secondary N) is 2. The molecule has 3 rings (SSSR count). The van der Waals surface area contributed by atoms with Gasteiger partial charge in [0, 0.05) is 16.3 Å². The molecule has 30 heavy (non-hydrogen) atoms. The molecule has 1 heterocycles. The number of amides is 2. The molecule has 1 aliphatic rings. The number of halogens is 1. The summed E-state index contributed by atoms with van der Waals surface area (Å²) in [6.45, 7) is 6.14. The van der Waals surface area contributed by atoms with Crippen LogP contribution in [0.5, 0.6) is 5.75 Å². The van der Waals surface area contributed by atoms with Crippen molar-refractivity contribution < 1.29 is 19.1 Å². The van der Waals surface area contributed by atoms with E-state index in [4.69, 9.17) is 21.1 Å². The van der Waals surface area contributed by atoms with Crippen molar-refractivity contribution >= 4 is 23.6 Å². The van der Waals surface area contributed by atoms with E-state index in [1.807, 2.05) is 62.4 Å². The molecule has 2 aromatic rings. The molecule has 0 saturated carbocycles. The van der Waals surface area contributed by atoms with Crippen LogP contribution in [0.3, 0.4) is 0 Å². The molecule has 0 aliphatic carbocycles. The third-order valence-corrected chi connectivity index (χ3v) is 5.09. The molecule has 2 N–H and O–H groups in total. The second kappa shape index (κ2) is 9.67. The van der Waals surface area contributed by atoms with Crippen molar-refractivity contribution in [1.82, 2.24) is 10.6 Å². The summed E-state index contributed by atoms with van der Waals surface area (Å²) in [7, 11) is 0. The number of benzene rings is 2. The van der Waals surface area contributed by atoms with Gasteiger partial charge in [-0.15, -0.1) is 0 Å². The summed E-state index contributed by atoms with van der Waals surface area (Å²) in [5.41, 5.74) is 2.55. The van der Waals surface area contributed by atoms with Crippen molar-refractivity contribution in [3.8, 4) is 5.75 Å². The first-order valence-electron chi connectivity index (χ1n) is 9.85. The number of urea groups is 1. The molecular formula is C23H25ClN2O4. The van der Waals surface area contributed by atoms with Gasteiger partial charge in [-0.2, -0.15) is 0 Å². The lowest BCUT2D eigenvalue weighted by atomic mass is 9.91. The number of hydrogen-bond acceptors (Lipinski definition) is 4. The molecule has 0 spiro atoms. The second-order valence-electron chi connectivity index (χ2n) is 7.19. The highest BCUT2D eigenvalue weighted by molar-refractivity contribution is 6.31. The van der Waals surface area contributed by atoms with Gasteiger partial charge in [0.1, 0.15) is 12.4 Å². The molecule has 7 heteroatoms. The highest BCUT2D eigenvalue weighted by atomic mass is 35.5. The van der Waals surface area contributed by atoms with Crippen LogP contribution < -0.4 is 15.4 Å². The molecule has 6 nitrogen and oxygen atoms in total. The van der Waals surface area contributed by atoms with E-state index < -0.39 is 12.0 Å². The molecule has 1 aliphatic heterocycles. The van der Waals surface area contributed by atoms with Gasteiger partial charge in [-0.3, -0.25) is 0 Å². The minimum Gasteiger partial charge on any atom is -0.489 e. The molecule has 0 radical (unpaired) electrons. The Kier molecular flexibility index (Phi) is 7.00. The Hall–Kier alpha value is -2.99. The molecule has 0 fully saturated rings. The van der Waals surface area contributed by atoms with E-state index in [1.165, 1.54) is 0 Å². The van der Waals surface area contributed by atoms with Crippen LogP contribution in [0.4, 0.5) is 4.79 Å². The predicted octanol–water partition coefficient (Wildman–Crippen LogP) is 4.75. The smallest absolute Gasteiger partial charge is 0.338 e. The van der Waals surface area contributed by atoms with Crippen molar-refractivity contribution in [2.45, 2.75) is 33.4 Å². The topological polar surface area (TPSA) is 76.7 Å². The Morgan fingerprint density at radius 1 is 1.17 bits per heavy atom. The second-order valence-corrected chi connectivity index (χ2v) is 7.59. The third-order valence-electron chi connectivity index (χ3n) is 4.72. The predicted molar refractivity (Wildman–Crippen MR) is 115 cm³/mol. The number of carbonyl (C=O) groups is 2. The Labute approximate surface area is 181 Å². The van der Waals surface area contributed by atoms with Crippen molar-refractivity contribution in [3.63, 3.8) is 0 Å². The van der Waals surface area contributed by atoms with Crippen LogP contribution in [0.25, 0.3) is 0 Å². The van der Waals surface area contributed by atoms with Crippen molar-refractivity contribution in [2.75, 3.05) is 6.61 Å². The van der Waals surface area contributed by atoms with Gasteiger partial charge >= 0.3 is 12.0 Å². The lowest BCUT2D eigenvalue weighted by Crippen LogP contribution is -2.47. The van der Waals surface area contributed by atoms with Crippen LogP contribution in [0.1, 0.15) is 37.9 Å². The summed E-state index contributed by atoms with van der Waals surface area (Å²) in [5.74, 6) is 0.0909. The molecule has 0 saturated heterocycles. The van der Waals surface area contributed by atoms with Crippen LogP contribution in [0, 0.1) is 5.92 Å². The first-order valence-corrected chi connectivity index (χ1v) is 10.2. The summed E-state index contributed by atoms with van der Waals surface area (Å²) < 4.78 is 11.2. The van der Waals surface area contributed by atoms with E-state index in [2.05, 4.69) is 10.6 Å². The summed E-state index contributed by atoms with van der Waals surface area (Å²) in [6, 6.07) is 13.8. The number of ether oxygens (including phenoxy) is 2. The zero-order chi connectivity index (χ0) is 21.7. The van der Waals surface area contributed by atoms with Gasteiger partial charge in [0.05, 0.1) is 18.2 Å². The Morgan fingerprint density at radius 3 is 2.63 bits per heavy atom. The van der Waals surface area contributed by atoms with Gasteiger partial charge in [-0.25, -0.2) is 9.59 Å². The summed E-state index contributed by atoms with van der Waals surface area (Å²) >= 11 is 6.20. The third kappa shape index (κ3) is 4.94. The highest BCUT2D eigenvalue weighted by Crippen LogP contribution is 2.32. The number of carbonyl (C=O) groups excluding carboxylic acids is 2. The fraction of sp³-hybridized carbons (Fsp3) is 0.304. The van der Waals surface area contributed by atoms with Crippen LogP contribution in [-0.4, -0.2) is 18.6 Å². The van der Waals surface area contributed by atoms with Gasteiger partial charge in [0.15, 0.2) is 0 Å². The molecule has 2 amide bonds. The first-order chi connectivity index (χ1) is 14.4. The quantitative estimate of drug-likeness (QED) is 0.624. The Bertz CT molecular complexity index is 971. The largest absolute Gasteiger partial charge is 0.489 e. The standard InChI is InChI=1S/C23H25ClN2O4/c1-4-29-22(27)19-20(14(2)3)25-23(28)26-21(19)15-9-7-10-17(12-15)30-13-16-8-5-6-11-18(16)24/h5-12,14,21H,4,13H2,1-3H3,(H2,25,26,28). The van der Waals surface area contributed by atoms with Crippen molar-refractivity contribution in [3.05, 3.63) is 76.0 Å². The first kappa shape index (κ1) is 21.7. The maximum absolute atomic E-state index is 12.7. The van der Waals surface area contributed by atoms with E-state index in [1.54, 1.807) is 6.92 Å². The van der Waals surface area contributed by atoms with Crippen molar-refractivity contribution in [1.29, 1.82) is 0 Å². The number of esters is 1.